The molecule has 0 bridgehead atoms. The lowest BCUT2D eigenvalue weighted by atomic mass is 10.1. The Morgan fingerprint density at radius 2 is 1.47 bits per heavy atom. The van der Waals surface area contributed by atoms with E-state index in [-0.39, 0.29) is 12.7 Å². The second kappa shape index (κ2) is 9.24. The summed E-state index contributed by atoms with van der Waals surface area (Å²) in [6, 6.07) is 0. The average Bonchev–Trinajstić information content (AvgIpc) is 3.26. The molecular weight excluding hydrogens is 430 g/mol. The summed E-state index contributed by atoms with van der Waals surface area (Å²) in [4.78, 5) is 0. The van der Waals surface area contributed by atoms with Crippen LogP contribution in [0.2, 0.25) is 16.6 Å². The average molecular weight is 474 g/mol. The summed E-state index contributed by atoms with van der Waals surface area (Å²) in [5.74, 6) is -1.48. The molecule has 32 heavy (non-hydrogen) atoms. The van der Waals surface area contributed by atoms with Crippen LogP contribution in [0.25, 0.3) is 0 Å². The van der Waals surface area contributed by atoms with Gasteiger partial charge in [-0.2, -0.15) is 4.74 Å². The normalized spacial score (nSPS) is 34.8. The molecule has 9 heteroatoms. The number of rotatable bonds is 8. The summed E-state index contributed by atoms with van der Waals surface area (Å²) < 4.78 is 37.4. The second-order valence-corrected chi connectivity index (χ2v) is 16.6. The number of hydrogen-bond donors (Lipinski definition) is 0. The molecule has 0 aliphatic carbocycles. The quantitative estimate of drug-likeness (QED) is 0.172. The molecule has 0 saturated carbocycles. The Bertz CT molecular complexity index is 672. The van der Waals surface area contributed by atoms with Gasteiger partial charge in [0.15, 0.2) is 23.9 Å². The van der Waals surface area contributed by atoms with Crippen molar-refractivity contribution < 1.29 is 32.8 Å². The van der Waals surface area contributed by atoms with E-state index in [2.05, 4.69) is 41.5 Å². The van der Waals surface area contributed by atoms with Gasteiger partial charge in [-0.3, -0.25) is 0 Å². The molecule has 0 aromatic carbocycles. The van der Waals surface area contributed by atoms with E-state index >= 15 is 0 Å². The lowest BCUT2D eigenvalue weighted by Gasteiger charge is -2.41. The van der Waals surface area contributed by atoms with Gasteiger partial charge in [-0.05, 0) is 44.3 Å². The molecule has 5 atom stereocenters. The molecule has 3 saturated heterocycles. The van der Waals surface area contributed by atoms with Crippen LogP contribution in [0, 0.1) is 5.21 Å². The topological polar surface area (TPSA) is 81.5 Å². The van der Waals surface area contributed by atoms with Gasteiger partial charge in [-0.1, -0.05) is 41.5 Å². The van der Waals surface area contributed by atoms with Crippen molar-refractivity contribution in [2.24, 2.45) is 0 Å². The first-order chi connectivity index (χ1) is 14.7. The molecule has 0 unspecified atom stereocenters. The fourth-order valence-corrected chi connectivity index (χ4v) is 11.2. The fraction of sp³-hybridized carbons (Fsp3) is 0.957. The zero-order valence-corrected chi connectivity index (χ0v) is 22.4. The molecule has 0 radical (unpaired) electrons. The standard InChI is InChI=1S/C23H43NO7Si/c1-14(2)32(15(3)4,16(5)6)27-12-11-24(25)21-20-19(30-23(9,10)31-20)18(28-21)17-13-26-22(7,8)29-17/h11,14-21H,12-13H2,1-10H3/b24-11-/t17-,18+,19-,20-,21-/m0/s1. The van der Waals surface area contributed by atoms with E-state index < -0.39 is 44.4 Å². The van der Waals surface area contributed by atoms with E-state index in [4.69, 9.17) is 28.1 Å². The van der Waals surface area contributed by atoms with Crippen LogP contribution in [-0.2, 0) is 28.1 Å². The van der Waals surface area contributed by atoms with Crippen molar-refractivity contribution in [3.8, 4) is 0 Å². The smallest absolute Gasteiger partial charge is 0.297 e. The third-order valence-electron chi connectivity index (χ3n) is 7.01. The lowest BCUT2D eigenvalue weighted by Crippen LogP contribution is -2.48. The molecule has 0 amide bonds. The van der Waals surface area contributed by atoms with Gasteiger partial charge in [-0.25, -0.2) is 0 Å². The molecular formula is C23H43NO7Si. The second-order valence-electron chi connectivity index (χ2n) is 11.1. The Morgan fingerprint density at radius 3 is 1.97 bits per heavy atom. The van der Waals surface area contributed by atoms with E-state index in [1.54, 1.807) is 6.21 Å². The maximum absolute atomic E-state index is 13.1. The molecule has 0 spiro atoms. The number of hydroxylamine groups is 1. The highest BCUT2D eigenvalue weighted by Crippen LogP contribution is 2.43. The van der Waals surface area contributed by atoms with Crippen LogP contribution in [0.3, 0.4) is 0 Å². The number of hydrogen-bond acceptors (Lipinski definition) is 7. The summed E-state index contributed by atoms with van der Waals surface area (Å²) in [6.07, 6.45) is -0.973. The van der Waals surface area contributed by atoms with Gasteiger partial charge in [0.25, 0.3) is 6.23 Å². The first kappa shape index (κ1) is 26.1. The lowest BCUT2D eigenvalue weighted by molar-refractivity contribution is -0.563. The zero-order chi connectivity index (χ0) is 24.1. The Morgan fingerprint density at radius 1 is 0.906 bits per heavy atom. The van der Waals surface area contributed by atoms with Gasteiger partial charge in [0, 0.05) is 0 Å². The minimum Gasteiger partial charge on any atom is -0.622 e. The highest BCUT2D eigenvalue weighted by Gasteiger charge is 2.62. The van der Waals surface area contributed by atoms with Crippen LogP contribution >= 0.6 is 0 Å². The Balaban J connectivity index is 1.75. The Kier molecular flexibility index (Phi) is 7.53. The van der Waals surface area contributed by atoms with Gasteiger partial charge >= 0.3 is 0 Å². The van der Waals surface area contributed by atoms with Crippen LogP contribution in [-0.4, -0.2) is 74.7 Å². The summed E-state index contributed by atoms with van der Waals surface area (Å²) in [7, 11) is -2.06. The van der Waals surface area contributed by atoms with Gasteiger partial charge < -0.3 is 33.3 Å². The molecule has 0 aromatic rings. The van der Waals surface area contributed by atoms with Crippen molar-refractivity contribution in [2.45, 2.75) is 128 Å². The van der Waals surface area contributed by atoms with Gasteiger partial charge in [0.1, 0.15) is 24.9 Å². The van der Waals surface area contributed by atoms with E-state index in [0.29, 0.717) is 23.2 Å². The predicted molar refractivity (Wildman–Crippen MR) is 124 cm³/mol. The highest BCUT2D eigenvalue weighted by molar-refractivity contribution is 6.77. The minimum atomic E-state index is -2.06. The third kappa shape index (κ3) is 4.94. The van der Waals surface area contributed by atoms with Gasteiger partial charge in [0.05, 0.1) is 6.61 Å². The number of nitrogens with zero attached hydrogens (tertiary/aromatic N) is 1. The molecule has 8 nitrogen and oxygen atoms in total. The van der Waals surface area contributed by atoms with E-state index in [1.165, 1.54) is 0 Å². The monoisotopic (exact) mass is 473 g/mol. The third-order valence-corrected chi connectivity index (χ3v) is 13.1. The van der Waals surface area contributed by atoms with E-state index in [0.717, 1.165) is 4.74 Å². The van der Waals surface area contributed by atoms with Crippen molar-refractivity contribution in [1.82, 2.24) is 0 Å². The fourth-order valence-electron chi connectivity index (χ4n) is 5.85. The zero-order valence-electron chi connectivity index (χ0n) is 21.4. The van der Waals surface area contributed by atoms with Crippen LogP contribution in [0.4, 0.5) is 0 Å². The Hall–Kier alpha value is -0.553. The van der Waals surface area contributed by atoms with Crippen LogP contribution in [0.1, 0.15) is 69.2 Å². The molecule has 0 aromatic heterocycles. The number of ether oxygens (including phenoxy) is 5. The molecule has 3 rings (SSSR count). The maximum Gasteiger partial charge on any atom is 0.297 e. The molecule has 3 aliphatic heterocycles. The largest absolute Gasteiger partial charge is 0.622 e. The predicted octanol–water partition coefficient (Wildman–Crippen LogP) is 4.16. The minimum absolute atomic E-state index is 0.256. The molecule has 186 valence electrons. The summed E-state index contributed by atoms with van der Waals surface area (Å²) in [6.45, 7) is 21.5. The van der Waals surface area contributed by atoms with E-state index in [1.807, 2.05) is 27.7 Å². The first-order valence-corrected chi connectivity index (χ1v) is 14.1. The van der Waals surface area contributed by atoms with Crippen LogP contribution in [0.15, 0.2) is 0 Å². The van der Waals surface area contributed by atoms with Crippen molar-refractivity contribution in [3.63, 3.8) is 0 Å². The maximum atomic E-state index is 13.1. The summed E-state index contributed by atoms with van der Waals surface area (Å²) in [5.41, 5.74) is 1.34. The van der Waals surface area contributed by atoms with Crippen LogP contribution in [0.5, 0.6) is 0 Å². The summed E-state index contributed by atoms with van der Waals surface area (Å²) >= 11 is 0. The molecule has 3 heterocycles. The van der Waals surface area contributed by atoms with Crippen LogP contribution < -0.4 is 0 Å². The van der Waals surface area contributed by atoms with E-state index in [9.17, 15) is 5.21 Å². The van der Waals surface area contributed by atoms with Gasteiger partial charge in [0.2, 0.25) is 8.32 Å². The molecule has 0 N–H and O–H groups in total. The first-order valence-electron chi connectivity index (χ1n) is 12.0. The Labute approximate surface area is 194 Å². The van der Waals surface area contributed by atoms with Crippen molar-refractivity contribution in [2.75, 3.05) is 13.2 Å². The summed E-state index contributed by atoms with van der Waals surface area (Å²) in [5, 5.41) is 13.1. The number of fused-ring (bicyclic) bond motifs is 1. The molecule has 3 aliphatic rings. The van der Waals surface area contributed by atoms with Gasteiger partial charge in [-0.15, -0.1) is 0 Å². The van der Waals surface area contributed by atoms with Crippen molar-refractivity contribution in [1.29, 1.82) is 0 Å². The van der Waals surface area contributed by atoms with Crippen molar-refractivity contribution >= 4 is 14.5 Å². The highest BCUT2D eigenvalue weighted by atomic mass is 28.4. The molecule has 3 fully saturated rings. The SMILES string of the molecule is CC(C)[Si](OC/C=[N+](\[O-])[C@H]1O[C@H]([C@@H]2COC(C)(C)O2)[C@@H]2OC(C)(C)O[C@@H]21)(C(C)C)C(C)C. The van der Waals surface area contributed by atoms with Crippen molar-refractivity contribution in [3.05, 3.63) is 5.21 Å².